The van der Waals surface area contributed by atoms with Gasteiger partial charge >= 0.3 is 0 Å². The van der Waals surface area contributed by atoms with Crippen LogP contribution in [0.25, 0.3) is 16.3 Å². The fraction of sp³-hybridized carbons (Fsp3) is 0.286. The Labute approximate surface area is 194 Å². The molecule has 2 atom stereocenters. The molecule has 0 radical (unpaired) electrons. The van der Waals surface area contributed by atoms with Crippen LogP contribution in [0.3, 0.4) is 0 Å². The van der Waals surface area contributed by atoms with Crippen LogP contribution < -0.4 is 4.90 Å². The standard InChI is InChI=1S/C28H28N2O3/c1-17-12-13-22(18(2)14-17)25-26(29-15-19(3)33-20(4)16-29)28(32)30(27(25)31)24-11-7-9-21-8-5-6-10-23(21)24/h5-14,19-20H,15-16H2,1-4H3. The van der Waals surface area contributed by atoms with E-state index in [1.165, 1.54) is 4.90 Å². The van der Waals surface area contributed by atoms with Gasteiger partial charge in [-0.05, 0) is 50.3 Å². The van der Waals surface area contributed by atoms with Crippen LogP contribution in [-0.2, 0) is 14.3 Å². The van der Waals surface area contributed by atoms with Crippen molar-refractivity contribution in [2.45, 2.75) is 39.9 Å². The molecule has 0 saturated carbocycles. The minimum Gasteiger partial charge on any atom is -0.372 e. The van der Waals surface area contributed by atoms with Crippen LogP contribution >= 0.6 is 0 Å². The van der Waals surface area contributed by atoms with Gasteiger partial charge in [0.25, 0.3) is 11.8 Å². The lowest BCUT2D eigenvalue weighted by Crippen LogP contribution is -2.47. The molecular weight excluding hydrogens is 412 g/mol. The van der Waals surface area contributed by atoms with Crippen molar-refractivity contribution in [3.05, 3.63) is 83.1 Å². The number of imide groups is 1. The van der Waals surface area contributed by atoms with E-state index >= 15 is 0 Å². The Hall–Kier alpha value is -3.44. The maximum absolute atomic E-state index is 14.0. The Kier molecular flexibility index (Phi) is 5.29. The summed E-state index contributed by atoms with van der Waals surface area (Å²) in [5.41, 5.74) is 4.49. The lowest BCUT2D eigenvalue weighted by Gasteiger charge is -2.37. The first kappa shape index (κ1) is 21.4. The fourth-order valence-corrected chi connectivity index (χ4v) is 5.13. The van der Waals surface area contributed by atoms with Gasteiger partial charge in [0.05, 0.1) is 23.5 Å². The number of hydrogen-bond donors (Lipinski definition) is 0. The van der Waals surface area contributed by atoms with Crippen LogP contribution in [0.4, 0.5) is 5.69 Å². The number of anilines is 1. The number of carbonyl (C=O) groups excluding carboxylic acids is 2. The Morgan fingerprint density at radius 3 is 2.27 bits per heavy atom. The summed E-state index contributed by atoms with van der Waals surface area (Å²) in [6.45, 7) is 9.16. The lowest BCUT2D eigenvalue weighted by atomic mass is 9.97. The first-order chi connectivity index (χ1) is 15.8. The summed E-state index contributed by atoms with van der Waals surface area (Å²) >= 11 is 0. The van der Waals surface area contributed by atoms with E-state index in [2.05, 4.69) is 6.07 Å². The zero-order chi connectivity index (χ0) is 23.3. The molecule has 0 spiro atoms. The molecule has 3 aromatic rings. The summed E-state index contributed by atoms with van der Waals surface area (Å²) in [7, 11) is 0. The molecule has 168 valence electrons. The van der Waals surface area contributed by atoms with E-state index in [1.54, 1.807) is 0 Å². The van der Waals surface area contributed by atoms with Crippen LogP contribution in [0.2, 0.25) is 0 Å². The van der Waals surface area contributed by atoms with Crippen molar-refractivity contribution in [2.75, 3.05) is 18.0 Å². The molecule has 3 aromatic carbocycles. The van der Waals surface area contributed by atoms with Gasteiger partial charge in [0.2, 0.25) is 0 Å². The summed E-state index contributed by atoms with van der Waals surface area (Å²) in [6, 6.07) is 19.6. The van der Waals surface area contributed by atoms with E-state index < -0.39 is 0 Å². The highest BCUT2D eigenvalue weighted by atomic mass is 16.5. The number of ether oxygens (including phenoxy) is 1. The van der Waals surface area contributed by atoms with Crippen molar-refractivity contribution < 1.29 is 14.3 Å². The fourth-order valence-electron chi connectivity index (χ4n) is 5.13. The Morgan fingerprint density at radius 2 is 1.55 bits per heavy atom. The maximum Gasteiger partial charge on any atom is 0.282 e. The predicted octanol–water partition coefficient (Wildman–Crippen LogP) is 4.85. The molecule has 0 aromatic heterocycles. The molecule has 2 unspecified atom stereocenters. The Bertz CT molecular complexity index is 1290. The molecule has 0 aliphatic carbocycles. The molecular formula is C28H28N2O3. The summed E-state index contributed by atoms with van der Waals surface area (Å²) < 4.78 is 5.91. The summed E-state index contributed by atoms with van der Waals surface area (Å²) in [4.78, 5) is 31.4. The van der Waals surface area contributed by atoms with E-state index in [0.717, 1.165) is 27.5 Å². The summed E-state index contributed by atoms with van der Waals surface area (Å²) in [5, 5.41) is 1.87. The molecule has 2 aliphatic heterocycles. The molecule has 0 N–H and O–H groups in total. The monoisotopic (exact) mass is 440 g/mol. The van der Waals surface area contributed by atoms with Crippen molar-refractivity contribution in [1.29, 1.82) is 0 Å². The van der Waals surface area contributed by atoms with Crippen LogP contribution in [-0.4, -0.2) is 42.0 Å². The number of aryl methyl sites for hydroxylation is 2. The van der Waals surface area contributed by atoms with E-state index in [1.807, 2.05) is 87.2 Å². The highest BCUT2D eigenvalue weighted by molar-refractivity contribution is 6.46. The maximum atomic E-state index is 14.0. The molecule has 1 fully saturated rings. The van der Waals surface area contributed by atoms with Gasteiger partial charge < -0.3 is 9.64 Å². The highest BCUT2D eigenvalue weighted by Crippen LogP contribution is 2.39. The van der Waals surface area contributed by atoms with Crippen molar-refractivity contribution in [2.24, 2.45) is 0 Å². The first-order valence-electron chi connectivity index (χ1n) is 11.4. The molecule has 5 heteroatoms. The number of hydrogen-bond acceptors (Lipinski definition) is 4. The number of amides is 2. The summed E-state index contributed by atoms with van der Waals surface area (Å²) in [5.74, 6) is -0.544. The summed E-state index contributed by atoms with van der Waals surface area (Å²) in [6.07, 6.45) is -0.0627. The van der Waals surface area contributed by atoms with E-state index in [9.17, 15) is 9.59 Å². The molecule has 2 amide bonds. The molecule has 2 aliphatic rings. The predicted molar refractivity (Wildman–Crippen MR) is 131 cm³/mol. The minimum absolute atomic E-state index is 0.0314. The van der Waals surface area contributed by atoms with Gasteiger partial charge in [0.1, 0.15) is 5.70 Å². The third kappa shape index (κ3) is 3.62. The number of nitrogens with zero attached hydrogens (tertiary/aromatic N) is 2. The molecule has 0 bridgehead atoms. The van der Waals surface area contributed by atoms with Crippen molar-refractivity contribution >= 4 is 33.8 Å². The molecule has 5 nitrogen and oxygen atoms in total. The largest absolute Gasteiger partial charge is 0.372 e. The Morgan fingerprint density at radius 1 is 0.848 bits per heavy atom. The molecule has 2 heterocycles. The van der Waals surface area contributed by atoms with E-state index in [0.29, 0.717) is 30.0 Å². The highest BCUT2D eigenvalue weighted by Gasteiger charge is 2.44. The van der Waals surface area contributed by atoms with Crippen LogP contribution in [0.5, 0.6) is 0 Å². The van der Waals surface area contributed by atoms with Gasteiger partial charge in [0, 0.05) is 18.5 Å². The van der Waals surface area contributed by atoms with Crippen molar-refractivity contribution in [3.63, 3.8) is 0 Å². The zero-order valence-corrected chi connectivity index (χ0v) is 19.5. The second-order valence-corrected chi connectivity index (χ2v) is 9.15. The van der Waals surface area contributed by atoms with Crippen LogP contribution in [0, 0.1) is 13.8 Å². The number of fused-ring (bicyclic) bond motifs is 1. The second-order valence-electron chi connectivity index (χ2n) is 9.15. The van der Waals surface area contributed by atoms with Gasteiger partial charge in [-0.3, -0.25) is 9.59 Å². The van der Waals surface area contributed by atoms with Crippen molar-refractivity contribution in [3.8, 4) is 0 Å². The lowest BCUT2D eigenvalue weighted by molar-refractivity contribution is -0.121. The SMILES string of the molecule is Cc1ccc(C2=C(N3CC(C)OC(C)C3)C(=O)N(c3cccc4ccccc34)C2=O)c(C)c1. The van der Waals surface area contributed by atoms with E-state index in [4.69, 9.17) is 4.74 Å². The van der Waals surface area contributed by atoms with Crippen molar-refractivity contribution in [1.82, 2.24) is 4.90 Å². The van der Waals surface area contributed by atoms with E-state index in [-0.39, 0.29) is 24.0 Å². The van der Waals surface area contributed by atoms with Gasteiger partial charge in [-0.1, -0.05) is 60.2 Å². The van der Waals surface area contributed by atoms with Crippen LogP contribution in [0.1, 0.15) is 30.5 Å². The average molecular weight is 441 g/mol. The molecule has 33 heavy (non-hydrogen) atoms. The quantitative estimate of drug-likeness (QED) is 0.547. The second kappa shape index (κ2) is 8.16. The van der Waals surface area contributed by atoms with Gasteiger partial charge in [-0.25, -0.2) is 4.90 Å². The van der Waals surface area contributed by atoms with Gasteiger partial charge in [-0.2, -0.15) is 0 Å². The third-order valence-electron chi connectivity index (χ3n) is 6.45. The average Bonchev–Trinajstić information content (AvgIpc) is 3.02. The number of benzene rings is 3. The zero-order valence-electron chi connectivity index (χ0n) is 19.5. The van der Waals surface area contributed by atoms with Gasteiger partial charge in [0.15, 0.2) is 0 Å². The molecule has 5 rings (SSSR count). The van der Waals surface area contributed by atoms with Crippen LogP contribution in [0.15, 0.2) is 66.4 Å². The topological polar surface area (TPSA) is 49.9 Å². The number of carbonyl (C=O) groups is 2. The third-order valence-corrected chi connectivity index (χ3v) is 6.45. The number of morpholine rings is 1. The minimum atomic E-state index is -0.273. The molecule has 1 saturated heterocycles. The number of rotatable bonds is 3. The first-order valence-corrected chi connectivity index (χ1v) is 11.4. The Balaban J connectivity index is 1.70. The normalized spacial score (nSPS) is 21.5. The van der Waals surface area contributed by atoms with Gasteiger partial charge in [-0.15, -0.1) is 0 Å². The smallest absolute Gasteiger partial charge is 0.282 e.